The van der Waals surface area contributed by atoms with Crippen LogP contribution in [0.1, 0.15) is 15.9 Å². The minimum atomic E-state index is -0.473. The van der Waals surface area contributed by atoms with Crippen LogP contribution in [-0.2, 0) is 4.79 Å². The number of aryl methyl sites for hydroxylation is 1. The third kappa shape index (κ3) is 5.14. The molecule has 9 heteroatoms. The zero-order chi connectivity index (χ0) is 21.0. The third-order valence-corrected chi connectivity index (χ3v) is 4.80. The predicted octanol–water partition coefficient (Wildman–Crippen LogP) is 2.44. The normalized spacial score (nSPS) is 14.5. The summed E-state index contributed by atoms with van der Waals surface area (Å²) in [6, 6.07) is 9.89. The molecular formula is C20H21FN4O4. The molecule has 1 N–H and O–H groups in total. The van der Waals surface area contributed by atoms with Gasteiger partial charge in [-0.2, -0.15) is 0 Å². The highest BCUT2D eigenvalue weighted by Gasteiger charge is 2.24. The lowest BCUT2D eigenvalue weighted by atomic mass is 10.1. The summed E-state index contributed by atoms with van der Waals surface area (Å²) in [5, 5.41) is 13.6. The van der Waals surface area contributed by atoms with Crippen LogP contribution >= 0.6 is 0 Å². The van der Waals surface area contributed by atoms with E-state index in [1.54, 1.807) is 11.8 Å². The summed E-state index contributed by atoms with van der Waals surface area (Å²) < 4.78 is 12.9. The molecular weight excluding hydrogens is 379 g/mol. The molecule has 2 aromatic carbocycles. The molecule has 0 spiro atoms. The van der Waals surface area contributed by atoms with Gasteiger partial charge in [0.15, 0.2) is 0 Å². The number of anilines is 1. The molecule has 0 atom stereocenters. The summed E-state index contributed by atoms with van der Waals surface area (Å²) in [6.45, 7) is 3.77. The van der Waals surface area contributed by atoms with Crippen molar-refractivity contribution >= 4 is 23.2 Å². The van der Waals surface area contributed by atoms with E-state index < -0.39 is 4.92 Å². The van der Waals surface area contributed by atoms with Crippen LogP contribution in [0.5, 0.6) is 0 Å². The minimum Gasteiger partial charge on any atom is -0.336 e. The molecule has 1 fully saturated rings. The number of benzene rings is 2. The van der Waals surface area contributed by atoms with E-state index in [0.29, 0.717) is 43.0 Å². The van der Waals surface area contributed by atoms with Gasteiger partial charge in [0.05, 0.1) is 11.5 Å². The first-order chi connectivity index (χ1) is 13.8. The van der Waals surface area contributed by atoms with Crippen molar-refractivity contribution in [2.24, 2.45) is 0 Å². The van der Waals surface area contributed by atoms with E-state index >= 15 is 0 Å². The largest absolute Gasteiger partial charge is 0.336 e. The number of nitrogens with one attached hydrogen (secondary N) is 1. The van der Waals surface area contributed by atoms with Gasteiger partial charge in [-0.05, 0) is 43.3 Å². The average molecular weight is 400 g/mol. The van der Waals surface area contributed by atoms with Gasteiger partial charge in [-0.15, -0.1) is 0 Å². The lowest BCUT2D eigenvalue weighted by molar-refractivity contribution is -0.385. The molecule has 0 aromatic heterocycles. The van der Waals surface area contributed by atoms with Crippen molar-refractivity contribution in [3.8, 4) is 0 Å². The van der Waals surface area contributed by atoms with Crippen LogP contribution in [0.4, 0.5) is 15.8 Å². The number of carbonyl (C=O) groups is 2. The maximum absolute atomic E-state index is 12.9. The van der Waals surface area contributed by atoms with Gasteiger partial charge < -0.3 is 10.2 Å². The lowest BCUT2D eigenvalue weighted by Crippen LogP contribution is -2.50. The Balaban J connectivity index is 1.51. The van der Waals surface area contributed by atoms with Gasteiger partial charge in [-0.1, -0.05) is 0 Å². The highest BCUT2D eigenvalue weighted by molar-refractivity contribution is 5.95. The molecule has 2 aromatic rings. The van der Waals surface area contributed by atoms with E-state index in [-0.39, 0.29) is 29.9 Å². The van der Waals surface area contributed by atoms with Crippen LogP contribution in [0.3, 0.4) is 0 Å². The highest BCUT2D eigenvalue weighted by atomic mass is 19.1. The second-order valence-corrected chi connectivity index (χ2v) is 6.88. The second kappa shape index (κ2) is 8.78. The van der Waals surface area contributed by atoms with Crippen molar-refractivity contribution in [2.45, 2.75) is 6.92 Å². The Kier molecular flexibility index (Phi) is 6.18. The Morgan fingerprint density at radius 3 is 2.34 bits per heavy atom. The van der Waals surface area contributed by atoms with Crippen LogP contribution in [0.15, 0.2) is 42.5 Å². The molecule has 0 radical (unpaired) electrons. The second-order valence-electron chi connectivity index (χ2n) is 6.88. The van der Waals surface area contributed by atoms with Crippen LogP contribution in [-0.4, -0.2) is 59.3 Å². The van der Waals surface area contributed by atoms with Crippen LogP contribution in [0.25, 0.3) is 0 Å². The number of rotatable bonds is 5. The molecule has 8 nitrogen and oxygen atoms in total. The maximum atomic E-state index is 12.9. The number of nitrogens with zero attached hydrogens (tertiary/aromatic N) is 3. The summed E-state index contributed by atoms with van der Waals surface area (Å²) >= 11 is 0. The number of hydrogen-bond donors (Lipinski definition) is 1. The average Bonchev–Trinajstić information content (AvgIpc) is 2.69. The van der Waals surface area contributed by atoms with Gasteiger partial charge >= 0.3 is 0 Å². The molecule has 152 valence electrons. The van der Waals surface area contributed by atoms with Crippen molar-refractivity contribution in [1.82, 2.24) is 9.80 Å². The number of carbonyl (C=O) groups excluding carboxylic acids is 2. The Bertz CT molecular complexity index is 925. The van der Waals surface area contributed by atoms with Crippen LogP contribution < -0.4 is 5.32 Å². The minimum absolute atomic E-state index is 0.0152. The summed E-state index contributed by atoms with van der Waals surface area (Å²) in [7, 11) is 0. The molecule has 29 heavy (non-hydrogen) atoms. The summed E-state index contributed by atoms with van der Waals surface area (Å²) in [4.78, 5) is 38.9. The van der Waals surface area contributed by atoms with Crippen molar-refractivity contribution in [3.63, 3.8) is 0 Å². The standard InChI is InChI=1S/C20H21FN4O4/c1-14-12-15(2-7-18(14)25(28)29)20(27)24-10-8-23(9-11-24)13-19(26)22-17-5-3-16(21)4-6-17/h2-7,12H,8-11,13H2,1H3,(H,22,26). The molecule has 1 aliphatic rings. The van der Waals surface area contributed by atoms with Crippen LogP contribution in [0.2, 0.25) is 0 Å². The van der Waals surface area contributed by atoms with E-state index in [2.05, 4.69) is 5.32 Å². The SMILES string of the molecule is Cc1cc(C(=O)N2CCN(CC(=O)Nc3ccc(F)cc3)CC2)ccc1[N+](=O)[O-]. The number of hydrogen-bond acceptors (Lipinski definition) is 5. The molecule has 0 saturated carbocycles. The Morgan fingerprint density at radius 2 is 1.76 bits per heavy atom. The Morgan fingerprint density at radius 1 is 1.10 bits per heavy atom. The Labute approximate surface area is 167 Å². The molecule has 1 aliphatic heterocycles. The van der Waals surface area contributed by atoms with Gasteiger partial charge in [0.25, 0.3) is 11.6 Å². The molecule has 0 unspecified atom stereocenters. The smallest absolute Gasteiger partial charge is 0.272 e. The van der Waals surface area contributed by atoms with Gasteiger partial charge in [0, 0.05) is 49.1 Å². The molecule has 1 heterocycles. The van der Waals surface area contributed by atoms with E-state index in [1.807, 2.05) is 4.90 Å². The monoisotopic (exact) mass is 400 g/mol. The first kappa shape index (κ1) is 20.4. The van der Waals surface area contributed by atoms with Gasteiger partial charge in [0.1, 0.15) is 5.82 Å². The van der Waals surface area contributed by atoms with E-state index in [1.165, 1.54) is 42.5 Å². The first-order valence-corrected chi connectivity index (χ1v) is 9.15. The maximum Gasteiger partial charge on any atom is 0.272 e. The van der Waals surface area contributed by atoms with E-state index in [4.69, 9.17) is 0 Å². The lowest BCUT2D eigenvalue weighted by Gasteiger charge is -2.34. The molecule has 0 bridgehead atoms. The zero-order valence-electron chi connectivity index (χ0n) is 15.9. The number of nitro benzene ring substituents is 1. The van der Waals surface area contributed by atoms with E-state index in [9.17, 15) is 24.1 Å². The number of halogens is 1. The van der Waals surface area contributed by atoms with Crippen molar-refractivity contribution in [1.29, 1.82) is 0 Å². The van der Waals surface area contributed by atoms with Crippen molar-refractivity contribution in [2.75, 3.05) is 38.0 Å². The fraction of sp³-hybridized carbons (Fsp3) is 0.300. The highest BCUT2D eigenvalue weighted by Crippen LogP contribution is 2.20. The summed E-state index contributed by atoms with van der Waals surface area (Å²) in [5.41, 5.74) is 1.37. The summed E-state index contributed by atoms with van der Waals surface area (Å²) in [5.74, 6) is -0.757. The van der Waals surface area contributed by atoms with Crippen molar-refractivity contribution < 1.29 is 18.9 Å². The Hall–Kier alpha value is -3.33. The molecule has 2 amide bonds. The number of amides is 2. The number of nitro groups is 1. The third-order valence-electron chi connectivity index (χ3n) is 4.80. The quantitative estimate of drug-likeness (QED) is 0.614. The zero-order valence-corrected chi connectivity index (χ0v) is 15.9. The topological polar surface area (TPSA) is 95.8 Å². The first-order valence-electron chi connectivity index (χ1n) is 9.15. The molecule has 1 saturated heterocycles. The fourth-order valence-corrected chi connectivity index (χ4v) is 3.22. The number of piperazine rings is 1. The van der Waals surface area contributed by atoms with Gasteiger partial charge in [-0.3, -0.25) is 24.6 Å². The fourth-order valence-electron chi connectivity index (χ4n) is 3.22. The predicted molar refractivity (Wildman–Crippen MR) is 105 cm³/mol. The summed E-state index contributed by atoms with van der Waals surface area (Å²) in [6.07, 6.45) is 0. The van der Waals surface area contributed by atoms with Gasteiger partial charge in [-0.25, -0.2) is 4.39 Å². The van der Waals surface area contributed by atoms with E-state index in [0.717, 1.165) is 0 Å². The van der Waals surface area contributed by atoms with Crippen LogP contribution in [0, 0.1) is 22.9 Å². The molecule has 0 aliphatic carbocycles. The molecule has 3 rings (SSSR count). The van der Waals surface area contributed by atoms with Crippen molar-refractivity contribution in [3.05, 3.63) is 69.5 Å². The van der Waals surface area contributed by atoms with Gasteiger partial charge in [0.2, 0.25) is 5.91 Å².